The molecule has 0 aliphatic carbocycles. The number of ether oxygens (including phenoxy) is 1. The van der Waals surface area contributed by atoms with E-state index in [0.717, 1.165) is 17.9 Å². The number of hydrogen-bond acceptors (Lipinski definition) is 4. The molecule has 1 aromatic carbocycles. The summed E-state index contributed by atoms with van der Waals surface area (Å²) in [4.78, 5) is 10.5. The highest BCUT2D eigenvalue weighted by atomic mass is 32.2. The molecular weight excluding hydrogens is 238 g/mol. The highest BCUT2D eigenvalue weighted by molar-refractivity contribution is 7.99. The van der Waals surface area contributed by atoms with Crippen LogP contribution in [0.5, 0.6) is 5.75 Å². The number of para-hydroxylation sites is 1. The van der Waals surface area contributed by atoms with Gasteiger partial charge in [0, 0.05) is 17.9 Å². The van der Waals surface area contributed by atoms with Gasteiger partial charge in [-0.3, -0.25) is 4.79 Å². The van der Waals surface area contributed by atoms with Gasteiger partial charge < -0.3 is 15.6 Å². The number of aliphatic carboxylic acids is 1. The molecule has 1 aliphatic rings. The Labute approximate surface area is 104 Å². The smallest absolute Gasteiger partial charge is 0.321 e. The van der Waals surface area contributed by atoms with Crippen LogP contribution in [0.15, 0.2) is 24.3 Å². The van der Waals surface area contributed by atoms with Crippen LogP contribution in [0.3, 0.4) is 0 Å². The maximum Gasteiger partial charge on any atom is 0.321 e. The molecule has 0 aromatic heterocycles. The molecule has 1 heterocycles. The third-order valence-corrected chi connectivity index (χ3v) is 3.83. The van der Waals surface area contributed by atoms with Crippen molar-refractivity contribution >= 4 is 17.7 Å². The molecule has 2 atom stereocenters. The van der Waals surface area contributed by atoms with Crippen LogP contribution in [-0.2, 0) is 11.2 Å². The Morgan fingerprint density at radius 2 is 2.35 bits per heavy atom. The van der Waals surface area contributed by atoms with E-state index < -0.39 is 12.0 Å². The maximum atomic E-state index is 10.5. The molecule has 1 unspecified atom stereocenters. The van der Waals surface area contributed by atoms with Gasteiger partial charge in [0.1, 0.15) is 17.9 Å². The summed E-state index contributed by atoms with van der Waals surface area (Å²) in [6.45, 7) is 0. The van der Waals surface area contributed by atoms with E-state index in [2.05, 4.69) is 6.07 Å². The summed E-state index contributed by atoms with van der Waals surface area (Å²) >= 11 is 1.53. The summed E-state index contributed by atoms with van der Waals surface area (Å²) in [5.74, 6) is 1.19. The van der Waals surface area contributed by atoms with Crippen molar-refractivity contribution in [3.05, 3.63) is 29.8 Å². The Morgan fingerprint density at radius 3 is 3.06 bits per heavy atom. The fourth-order valence-corrected chi connectivity index (χ4v) is 2.73. The quantitative estimate of drug-likeness (QED) is 0.823. The first kappa shape index (κ1) is 12.3. The van der Waals surface area contributed by atoms with Crippen LogP contribution in [0, 0.1) is 0 Å². The van der Waals surface area contributed by atoms with Crippen LogP contribution in [0.25, 0.3) is 0 Å². The zero-order valence-electron chi connectivity index (χ0n) is 9.33. The lowest BCUT2D eigenvalue weighted by Crippen LogP contribution is -2.33. The summed E-state index contributed by atoms with van der Waals surface area (Å²) in [5, 5.41) is 8.65. The van der Waals surface area contributed by atoms with Crippen molar-refractivity contribution in [3.63, 3.8) is 0 Å². The molecule has 1 aliphatic heterocycles. The van der Waals surface area contributed by atoms with E-state index in [4.69, 9.17) is 15.6 Å². The molecule has 3 N–H and O–H groups in total. The van der Waals surface area contributed by atoms with Crippen molar-refractivity contribution in [1.29, 1.82) is 0 Å². The number of thioether (sulfide) groups is 1. The van der Waals surface area contributed by atoms with E-state index in [-0.39, 0.29) is 6.10 Å². The standard InChI is InChI=1S/C12H15NO3S/c13-10(12(14)15)7-17-6-9-5-8-3-1-2-4-11(8)16-9/h1-4,9-10H,5-7,13H2,(H,14,15)/t9?,10-/m1/s1. The van der Waals surface area contributed by atoms with Crippen LogP contribution < -0.4 is 10.5 Å². The first-order valence-electron chi connectivity index (χ1n) is 5.47. The molecule has 0 bridgehead atoms. The predicted octanol–water partition coefficient (Wildman–Crippen LogP) is 1.14. The molecule has 92 valence electrons. The summed E-state index contributed by atoms with van der Waals surface area (Å²) in [7, 11) is 0. The van der Waals surface area contributed by atoms with E-state index in [0.29, 0.717) is 5.75 Å². The molecule has 17 heavy (non-hydrogen) atoms. The SMILES string of the molecule is N[C@H](CSCC1Cc2ccccc2O1)C(=O)O. The van der Waals surface area contributed by atoms with Crippen molar-refractivity contribution in [2.75, 3.05) is 11.5 Å². The Hall–Kier alpha value is -1.20. The molecule has 1 aromatic rings. The Bertz CT molecular complexity index is 385. The maximum absolute atomic E-state index is 10.5. The van der Waals surface area contributed by atoms with Gasteiger partial charge in [0.05, 0.1) is 0 Å². The summed E-state index contributed by atoms with van der Waals surface area (Å²) < 4.78 is 5.74. The molecular formula is C12H15NO3S. The highest BCUT2D eigenvalue weighted by Crippen LogP contribution is 2.29. The lowest BCUT2D eigenvalue weighted by Gasteiger charge is -2.11. The van der Waals surface area contributed by atoms with Crippen molar-refractivity contribution in [2.45, 2.75) is 18.6 Å². The zero-order valence-corrected chi connectivity index (χ0v) is 10.2. The van der Waals surface area contributed by atoms with Crippen molar-refractivity contribution in [3.8, 4) is 5.75 Å². The van der Waals surface area contributed by atoms with Gasteiger partial charge in [0.15, 0.2) is 0 Å². The molecule has 5 heteroatoms. The van der Waals surface area contributed by atoms with Gasteiger partial charge in [0.2, 0.25) is 0 Å². The molecule has 4 nitrogen and oxygen atoms in total. The van der Waals surface area contributed by atoms with Crippen LogP contribution in [0.1, 0.15) is 5.56 Å². The molecule has 0 spiro atoms. The predicted molar refractivity (Wildman–Crippen MR) is 67.5 cm³/mol. The van der Waals surface area contributed by atoms with E-state index in [1.807, 2.05) is 18.2 Å². The lowest BCUT2D eigenvalue weighted by molar-refractivity contribution is -0.137. The Morgan fingerprint density at radius 1 is 1.59 bits per heavy atom. The van der Waals surface area contributed by atoms with Crippen molar-refractivity contribution < 1.29 is 14.6 Å². The third kappa shape index (κ3) is 3.14. The second-order valence-corrected chi connectivity index (χ2v) is 5.11. The first-order valence-corrected chi connectivity index (χ1v) is 6.63. The number of carbonyl (C=O) groups is 1. The number of fused-ring (bicyclic) bond motifs is 1. The van der Waals surface area contributed by atoms with Crippen molar-refractivity contribution in [1.82, 2.24) is 0 Å². The number of rotatable bonds is 5. The van der Waals surface area contributed by atoms with E-state index in [1.165, 1.54) is 17.3 Å². The van der Waals surface area contributed by atoms with Gasteiger partial charge in [-0.05, 0) is 11.6 Å². The van der Waals surface area contributed by atoms with Gasteiger partial charge in [-0.2, -0.15) is 11.8 Å². The van der Waals surface area contributed by atoms with E-state index in [9.17, 15) is 4.79 Å². The van der Waals surface area contributed by atoms with Crippen molar-refractivity contribution in [2.24, 2.45) is 5.73 Å². The fraction of sp³-hybridized carbons (Fsp3) is 0.417. The molecule has 2 rings (SSSR count). The summed E-state index contributed by atoms with van der Waals surface area (Å²) in [6.07, 6.45) is 1.03. The zero-order chi connectivity index (χ0) is 12.3. The Balaban J connectivity index is 1.75. The van der Waals surface area contributed by atoms with Crippen LogP contribution >= 0.6 is 11.8 Å². The lowest BCUT2D eigenvalue weighted by atomic mass is 10.1. The molecule has 0 radical (unpaired) electrons. The fourth-order valence-electron chi connectivity index (χ4n) is 1.74. The number of carboxylic acids is 1. The number of hydrogen-bond donors (Lipinski definition) is 2. The minimum atomic E-state index is -0.951. The van der Waals surface area contributed by atoms with E-state index in [1.54, 1.807) is 0 Å². The molecule has 0 saturated carbocycles. The number of benzene rings is 1. The summed E-state index contributed by atoms with van der Waals surface area (Å²) in [5.41, 5.74) is 6.65. The van der Waals surface area contributed by atoms with Crippen LogP contribution in [-0.4, -0.2) is 34.7 Å². The second kappa shape index (κ2) is 5.42. The normalized spacial score (nSPS) is 19.5. The van der Waals surface area contributed by atoms with Gasteiger partial charge in [0.25, 0.3) is 0 Å². The average Bonchev–Trinajstić information content (AvgIpc) is 2.71. The average molecular weight is 253 g/mol. The second-order valence-electron chi connectivity index (χ2n) is 4.03. The molecule has 0 fully saturated rings. The number of nitrogens with two attached hydrogens (primary N) is 1. The number of carboxylic acid groups (broad SMARTS) is 1. The van der Waals surface area contributed by atoms with Gasteiger partial charge >= 0.3 is 5.97 Å². The topological polar surface area (TPSA) is 72.5 Å². The third-order valence-electron chi connectivity index (χ3n) is 2.63. The minimum absolute atomic E-state index is 0.137. The monoisotopic (exact) mass is 253 g/mol. The van der Waals surface area contributed by atoms with Gasteiger partial charge in [-0.25, -0.2) is 0 Å². The minimum Gasteiger partial charge on any atom is -0.489 e. The molecule has 0 saturated heterocycles. The Kier molecular flexibility index (Phi) is 3.91. The van der Waals surface area contributed by atoms with Crippen LogP contribution in [0.4, 0.5) is 0 Å². The van der Waals surface area contributed by atoms with Gasteiger partial charge in [-0.15, -0.1) is 0 Å². The highest BCUT2D eigenvalue weighted by Gasteiger charge is 2.22. The summed E-state index contributed by atoms with van der Waals surface area (Å²) in [6, 6.07) is 7.18. The van der Waals surface area contributed by atoms with Gasteiger partial charge in [-0.1, -0.05) is 18.2 Å². The molecule has 0 amide bonds. The largest absolute Gasteiger partial charge is 0.489 e. The van der Waals surface area contributed by atoms with E-state index >= 15 is 0 Å². The first-order chi connectivity index (χ1) is 8.16. The van der Waals surface area contributed by atoms with Crippen LogP contribution in [0.2, 0.25) is 0 Å².